The van der Waals surface area contributed by atoms with Crippen LogP contribution in [0.4, 0.5) is 4.39 Å². The Morgan fingerprint density at radius 2 is 2.17 bits per heavy atom. The van der Waals surface area contributed by atoms with Gasteiger partial charge in [0.05, 0.1) is 6.61 Å². The summed E-state index contributed by atoms with van der Waals surface area (Å²) >= 11 is 2.39. The Hall–Kier alpha value is -1.30. The van der Waals surface area contributed by atoms with Gasteiger partial charge in [-0.1, -0.05) is 34.7 Å². The lowest BCUT2D eigenvalue weighted by Crippen LogP contribution is -2.06. The molecule has 1 heterocycles. The summed E-state index contributed by atoms with van der Waals surface area (Å²) < 4.78 is 27.2. The van der Waals surface area contributed by atoms with Crippen molar-refractivity contribution in [3.8, 4) is 11.5 Å². The molecule has 4 heteroatoms. The van der Waals surface area contributed by atoms with E-state index in [9.17, 15) is 4.39 Å². The minimum absolute atomic E-state index is 0.157. The predicted octanol–water partition coefficient (Wildman–Crippen LogP) is 5.11. The van der Waals surface area contributed by atoms with E-state index in [1.165, 1.54) is 5.56 Å². The summed E-state index contributed by atoms with van der Waals surface area (Å²) in [6.07, 6.45) is 1.50. The van der Waals surface area contributed by atoms with Crippen molar-refractivity contribution in [3.05, 3.63) is 58.4 Å². The second-order valence-electron chi connectivity index (χ2n) is 6.26. The molecule has 0 aromatic heterocycles. The SMILES string of the molecule is Cc1ccc(F)c2c1CC[C@H]2Oc1ccc2c(c1)OC[C@H]2CI. The van der Waals surface area contributed by atoms with Crippen molar-refractivity contribution in [3.63, 3.8) is 0 Å². The normalized spacial score (nSPS) is 21.7. The molecule has 0 radical (unpaired) electrons. The Balaban J connectivity index is 1.61. The average Bonchev–Trinajstić information content (AvgIpc) is 3.15. The molecule has 0 fully saturated rings. The highest BCUT2D eigenvalue weighted by Gasteiger charge is 2.30. The van der Waals surface area contributed by atoms with E-state index in [4.69, 9.17) is 9.47 Å². The number of ether oxygens (including phenoxy) is 2. The van der Waals surface area contributed by atoms with Crippen LogP contribution in [0.2, 0.25) is 0 Å². The van der Waals surface area contributed by atoms with Crippen LogP contribution < -0.4 is 9.47 Å². The molecule has 23 heavy (non-hydrogen) atoms. The lowest BCUT2D eigenvalue weighted by Gasteiger charge is -2.16. The van der Waals surface area contributed by atoms with Crippen LogP contribution in [0.15, 0.2) is 30.3 Å². The summed E-state index contributed by atoms with van der Waals surface area (Å²) in [5, 5.41) is 0. The van der Waals surface area contributed by atoms with Gasteiger partial charge in [0.2, 0.25) is 0 Å². The number of hydrogen-bond donors (Lipinski definition) is 0. The summed E-state index contributed by atoms with van der Waals surface area (Å²) in [5.41, 5.74) is 4.24. The smallest absolute Gasteiger partial charge is 0.130 e. The number of benzene rings is 2. The van der Waals surface area contributed by atoms with Crippen molar-refractivity contribution in [1.29, 1.82) is 0 Å². The topological polar surface area (TPSA) is 18.5 Å². The Morgan fingerprint density at radius 1 is 1.30 bits per heavy atom. The lowest BCUT2D eigenvalue weighted by atomic mass is 10.0. The zero-order chi connectivity index (χ0) is 16.0. The lowest BCUT2D eigenvalue weighted by molar-refractivity contribution is 0.202. The van der Waals surface area contributed by atoms with Crippen LogP contribution >= 0.6 is 22.6 Å². The molecule has 2 atom stereocenters. The van der Waals surface area contributed by atoms with Crippen LogP contribution in [-0.2, 0) is 6.42 Å². The fourth-order valence-corrected chi connectivity index (χ4v) is 4.31. The van der Waals surface area contributed by atoms with Crippen molar-refractivity contribution >= 4 is 22.6 Å². The van der Waals surface area contributed by atoms with E-state index in [0.717, 1.165) is 52.1 Å². The molecule has 1 aliphatic heterocycles. The van der Waals surface area contributed by atoms with E-state index in [1.54, 1.807) is 6.07 Å². The van der Waals surface area contributed by atoms with Crippen molar-refractivity contribution in [2.75, 3.05) is 11.0 Å². The molecule has 0 saturated carbocycles. The summed E-state index contributed by atoms with van der Waals surface area (Å²) in [6, 6.07) is 9.42. The molecule has 1 aliphatic carbocycles. The molecule has 120 valence electrons. The van der Waals surface area contributed by atoms with E-state index in [-0.39, 0.29) is 11.9 Å². The monoisotopic (exact) mass is 424 g/mol. The van der Waals surface area contributed by atoms with Gasteiger partial charge in [0.25, 0.3) is 0 Å². The first-order valence-corrected chi connectivity index (χ1v) is 9.47. The fourth-order valence-electron chi connectivity index (χ4n) is 3.59. The van der Waals surface area contributed by atoms with Crippen LogP contribution in [0.1, 0.15) is 40.7 Å². The van der Waals surface area contributed by atoms with Gasteiger partial charge in [0.1, 0.15) is 23.4 Å². The van der Waals surface area contributed by atoms with E-state index in [2.05, 4.69) is 28.7 Å². The van der Waals surface area contributed by atoms with Crippen LogP contribution in [0, 0.1) is 12.7 Å². The molecule has 0 amide bonds. The van der Waals surface area contributed by atoms with Crippen LogP contribution in [0.3, 0.4) is 0 Å². The van der Waals surface area contributed by atoms with Gasteiger partial charge in [-0.25, -0.2) is 4.39 Å². The highest BCUT2D eigenvalue weighted by Crippen LogP contribution is 2.41. The number of hydrogen-bond acceptors (Lipinski definition) is 2. The zero-order valence-electron chi connectivity index (χ0n) is 12.9. The minimum atomic E-state index is -0.204. The molecule has 2 nitrogen and oxygen atoms in total. The van der Waals surface area contributed by atoms with Crippen molar-refractivity contribution in [2.24, 2.45) is 0 Å². The summed E-state index contributed by atoms with van der Waals surface area (Å²) in [5.74, 6) is 1.98. The van der Waals surface area contributed by atoms with Crippen LogP contribution in [0.5, 0.6) is 11.5 Å². The quantitative estimate of drug-likeness (QED) is 0.504. The number of alkyl halides is 1. The summed E-state index contributed by atoms with van der Waals surface area (Å²) in [7, 11) is 0. The van der Waals surface area contributed by atoms with Gasteiger partial charge in [-0.3, -0.25) is 0 Å². The van der Waals surface area contributed by atoms with Gasteiger partial charge in [-0.2, -0.15) is 0 Å². The summed E-state index contributed by atoms with van der Waals surface area (Å²) in [6.45, 7) is 2.77. The predicted molar refractivity (Wildman–Crippen MR) is 96.4 cm³/mol. The Labute approximate surface area is 149 Å². The van der Waals surface area contributed by atoms with Gasteiger partial charge in [0.15, 0.2) is 0 Å². The molecular formula is C19H18FIO2. The molecule has 2 aromatic carbocycles. The van der Waals surface area contributed by atoms with Gasteiger partial charge in [0, 0.05) is 27.5 Å². The van der Waals surface area contributed by atoms with Crippen molar-refractivity contribution < 1.29 is 13.9 Å². The number of fused-ring (bicyclic) bond motifs is 2. The Morgan fingerprint density at radius 3 is 3.00 bits per heavy atom. The molecule has 0 bridgehead atoms. The van der Waals surface area contributed by atoms with Crippen molar-refractivity contribution in [2.45, 2.75) is 31.8 Å². The van der Waals surface area contributed by atoms with E-state index < -0.39 is 0 Å². The molecule has 0 unspecified atom stereocenters. The third kappa shape index (κ3) is 2.61. The zero-order valence-corrected chi connectivity index (χ0v) is 15.1. The van der Waals surface area contributed by atoms with Crippen LogP contribution in [0.25, 0.3) is 0 Å². The first-order valence-electron chi connectivity index (χ1n) is 7.94. The maximum absolute atomic E-state index is 14.2. The largest absolute Gasteiger partial charge is 0.492 e. The average molecular weight is 424 g/mol. The van der Waals surface area contributed by atoms with Gasteiger partial charge < -0.3 is 9.47 Å². The highest BCUT2D eigenvalue weighted by atomic mass is 127. The van der Waals surface area contributed by atoms with Gasteiger partial charge >= 0.3 is 0 Å². The van der Waals surface area contributed by atoms with Crippen molar-refractivity contribution in [1.82, 2.24) is 0 Å². The molecular weight excluding hydrogens is 406 g/mol. The summed E-state index contributed by atoms with van der Waals surface area (Å²) in [4.78, 5) is 0. The van der Waals surface area contributed by atoms with Gasteiger partial charge in [-0.15, -0.1) is 0 Å². The third-order valence-corrected chi connectivity index (χ3v) is 5.91. The number of halogens is 2. The number of rotatable bonds is 3. The molecule has 0 spiro atoms. The molecule has 0 N–H and O–H groups in total. The number of aryl methyl sites for hydroxylation is 1. The molecule has 0 saturated heterocycles. The molecule has 2 aliphatic rings. The first kappa shape index (κ1) is 15.2. The second kappa shape index (κ2) is 5.96. The third-order valence-electron chi connectivity index (χ3n) is 4.85. The molecule has 2 aromatic rings. The molecule has 4 rings (SSSR count). The minimum Gasteiger partial charge on any atom is -0.492 e. The maximum Gasteiger partial charge on any atom is 0.130 e. The fraction of sp³-hybridized carbons (Fsp3) is 0.368. The van der Waals surface area contributed by atoms with E-state index in [0.29, 0.717) is 5.92 Å². The van der Waals surface area contributed by atoms with Crippen LogP contribution in [-0.4, -0.2) is 11.0 Å². The Kier molecular flexibility index (Phi) is 3.95. The van der Waals surface area contributed by atoms with E-state index in [1.807, 2.05) is 25.1 Å². The second-order valence-corrected chi connectivity index (χ2v) is 7.14. The maximum atomic E-state index is 14.2. The van der Waals surface area contributed by atoms with Gasteiger partial charge in [-0.05, 0) is 43.0 Å². The standard InChI is InChI=1S/C19H18FIO2/c1-11-2-6-16(20)19-14(11)5-7-17(19)23-13-3-4-15-12(9-21)10-22-18(15)8-13/h2-4,6,8,12,17H,5,7,9-10H2,1H3/t12-,17-/m1/s1. The first-order chi connectivity index (χ1) is 11.2. The van der Waals surface area contributed by atoms with E-state index >= 15 is 0 Å². The highest BCUT2D eigenvalue weighted by molar-refractivity contribution is 14.1. The Bertz CT molecular complexity index is 759.